The highest BCUT2D eigenvalue weighted by atomic mass is 16.6. The molecule has 0 saturated heterocycles. The Labute approximate surface area is 71.1 Å². The Morgan fingerprint density at radius 3 is 2.08 bits per heavy atom. The fourth-order valence-corrected chi connectivity index (χ4v) is 0.939. The van der Waals surface area contributed by atoms with Gasteiger partial charge in [-0.2, -0.15) is 4.91 Å². The molecule has 12 heavy (non-hydrogen) atoms. The molecule has 72 valence electrons. The fraction of sp³-hybridized carbons (Fsp3) is 1.00. The zero-order valence-corrected chi connectivity index (χ0v) is 7.16. The van der Waals surface area contributed by atoms with Crippen LogP contribution in [0.2, 0.25) is 0 Å². The van der Waals surface area contributed by atoms with E-state index in [9.17, 15) is 4.91 Å². The summed E-state index contributed by atoms with van der Waals surface area (Å²) in [7, 11) is 0. The van der Waals surface area contributed by atoms with Gasteiger partial charge in [-0.3, -0.25) is 0 Å². The highest BCUT2D eigenvalue weighted by molar-refractivity contribution is 4.79. The molecule has 0 unspecified atom stereocenters. The van der Waals surface area contributed by atoms with E-state index in [2.05, 4.69) is 14.9 Å². The first-order chi connectivity index (χ1) is 5.74. The van der Waals surface area contributed by atoms with Gasteiger partial charge in [-0.15, -0.1) is 0 Å². The Bertz CT molecular complexity index is 125. The van der Waals surface area contributed by atoms with Crippen LogP contribution in [-0.2, 0) is 9.68 Å². The fourth-order valence-electron chi connectivity index (χ4n) is 0.939. The largest absolute Gasteiger partial charge is 0.304 e. The van der Waals surface area contributed by atoms with E-state index in [-0.39, 0.29) is 19.8 Å². The summed E-state index contributed by atoms with van der Waals surface area (Å²) in [6.07, 6.45) is 0.674. The van der Waals surface area contributed by atoms with Gasteiger partial charge in [0.25, 0.3) is 0 Å². The minimum atomic E-state index is -0.481. The third-order valence-electron chi connectivity index (χ3n) is 1.93. The quantitative estimate of drug-likeness (QED) is 0.419. The average Bonchev–Trinajstić information content (AvgIpc) is 2.06. The minimum absolute atomic E-state index is 0.0951. The van der Waals surface area contributed by atoms with Crippen LogP contribution < -0.4 is 11.8 Å². The molecule has 0 fully saturated rings. The summed E-state index contributed by atoms with van der Waals surface area (Å²) in [5.41, 5.74) is -0.481. The van der Waals surface area contributed by atoms with Crippen molar-refractivity contribution in [1.82, 2.24) is 0 Å². The highest BCUT2D eigenvalue weighted by Crippen LogP contribution is 2.22. The van der Waals surface area contributed by atoms with Gasteiger partial charge in [0.2, 0.25) is 0 Å². The summed E-state index contributed by atoms with van der Waals surface area (Å²) in [6.45, 7) is 2.42. The van der Waals surface area contributed by atoms with Crippen molar-refractivity contribution in [3.63, 3.8) is 0 Å². The number of hydrogen-bond donors (Lipinski definition) is 2. The zero-order valence-electron chi connectivity index (χ0n) is 7.16. The molecule has 6 nitrogen and oxygen atoms in total. The lowest BCUT2D eigenvalue weighted by Gasteiger charge is -2.26. The van der Waals surface area contributed by atoms with Gasteiger partial charge in [-0.1, -0.05) is 12.1 Å². The third-order valence-corrected chi connectivity index (χ3v) is 1.93. The van der Waals surface area contributed by atoms with Gasteiger partial charge in [-0.05, 0) is 6.42 Å². The van der Waals surface area contributed by atoms with E-state index in [0.29, 0.717) is 6.42 Å². The van der Waals surface area contributed by atoms with Gasteiger partial charge in [0.15, 0.2) is 0 Å². The Balaban J connectivity index is 4.15. The van der Waals surface area contributed by atoms with Crippen LogP contribution in [0.15, 0.2) is 5.18 Å². The molecule has 0 atom stereocenters. The molecule has 0 heterocycles. The van der Waals surface area contributed by atoms with Crippen molar-refractivity contribution in [2.45, 2.75) is 13.3 Å². The molecule has 0 aromatic heterocycles. The van der Waals surface area contributed by atoms with E-state index in [4.69, 9.17) is 11.8 Å². The van der Waals surface area contributed by atoms with E-state index in [0.717, 1.165) is 0 Å². The molecule has 4 N–H and O–H groups in total. The Kier molecular flexibility index (Phi) is 5.73. The van der Waals surface area contributed by atoms with Gasteiger partial charge in [-0.25, -0.2) is 11.8 Å². The molecular weight excluding hydrogens is 162 g/mol. The second-order valence-electron chi connectivity index (χ2n) is 2.76. The monoisotopic (exact) mass is 177 g/mol. The Morgan fingerprint density at radius 1 is 1.33 bits per heavy atom. The molecule has 0 aromatic carbocycles. The second kappa shape index (κ2) is 6.01. The van der Waals surface area contributed by atoms with Gasteiger partial charge in [0.1, 0.15) is 0 Å². The van der Waals surface area contributed by atoms with Gasteiger partial charge in [0, 0.05) is 5.41 Å². The summed E-state index contributed by atoms with van der Waals surface area (Å²) >= 11 is 0. The SMILES string of the molecule is CCC(CN=O)(CON)CON. The van der Waals surface area contributed by atoms with Crippen molar-refractivity contribution in [1.29, 1.82) is 0 Å². The molecule has 0 spiro atoms. The molecule has 0 amide bonds. The number of nitrogens with zero attached hydrogens (tertiary/aromatic N) is 1. The van der Waals surface area contributed by atoms with E-state index < -0.39 is 5.41 Å². The normalized spacial score (nSPS) is 11.6. The van der Waals surface area contributed by atoms with Crippen LogP contribution >= 0.6 is 0 Å². The van der Waals surface area contributed by atoms with Crippen molar-refractivity contribution in [2.75, 3.05) is 19.8 Å². The molecule has 0 aliphatic carbocycles. The van der Waals surface area contributed by atoms with Gasteiger partial charge in [0.05, 0.1) is 19.8 Å². The molecule has 0 aliphatic rings. The van der Waals surface area contributed by atoms with Gasteiger partial charge >= 0.3 is 0 Å². The topological polar surface area (TPSA) is 99.9 Å². The lowest BCUT2D eigenvalue weighted by Crippen LogP contribution is -2.36. The van der Waals surface area contributed by atoms with Crippen LogP contribution in [0, 0.1) is 10.3 Å². The van der Waals surface area contributed by atoms with Crippen molar-refractivity contribution >= 4 is 0 Å². The smallest absolute Gasteiger partial charge is 0.0913 e. The first-order valence-corrected chi connectivity index (χ1v) is 3.67. The van der Waals surface area contributed by atoms with Crippen LogP contribution in [-0.4, -0.2) is 19.8 Å². The highest BCUT2D eigenvalue weighted by Gasteiger charge is 2.29. The third kappa shape index (κ3) is 3.22. The Morgan fingerprint density at radius 2 is 1.83 bits per heavy atom. The van der Waals surface area contributed by atoms with Crippen LogP contribution in [0.25, 0.3) is 0 Å². The summed E-state index contributed by atoms with van der Waals surface area (Å²) < 4.78 is 0. The zero-order chi connectivity index (χ0) is 9.45. The molecule has 0 aromatic rings. The van der Waals surface area contributed by atoms with Crippen LogP contribution in [0.1, 0.15) is 13.3 Å². The number of hydrogen-bond acceptors (Lipinski definition) is 6. The van der Waals surface area contributed by atoms with E-state index in [1.807, 2.05) is 6.92 Å². The number of nitroso groups, excluding NO2 is 1. The minimum Gasteiger partial charge on any atom is -0.304 e. The summed E-state index contributed by atoms with van der Waals surface area (Å²) in [5.74, 6) is 9.82. The van der Waals surface area contributed by atoms with E-state index in [1.54, 1.807) is 0 Å². The van der Waals surface area contributed by atoms with Crippen molar-refractivity contribution in [3.05, 3.63) is 4.91 Å². The second-order valence-corrected chi connectivity index (χ2v) is 2.76. The summed E-state index contributed by atoms with van der Waals surface area (Å²) in [4.78, 5) is 19.0. The van der Waals surface area contributed by atoms with Crippen molar-refractivity contribution in [3.8, 4) is 0 Å². The van der Waals surface area contributed by atoms with Crippen LogP contribution in [0.3, 0.4) is 0 Å². The maximum atomic E-state index is 10.1. The maximum absolute atomic E-state index is 10.1. The molecule has 6 heteroatoms. The molecule has 0 bridgehead atoms. The van der Waals surface area contributed by atoms with E-state index in [1.165, 1.54) is 0 Å². The maximum Gasteiger partial charge on any atom is 0.0913 e. The van der Waals surface area contributed by atoms with Crippen LogP contribution in [0.5, 0.6) is 0 Å². The van der Waals surface area contributed by atoms with Crippen LogP contribution in [0.4, 0.5) is 0 Å². The predicted molar refractivity (Wildman–Crippen MR) is 43.7 cm³/mol. The molecular formula is C6H15N3O3. The van der Waals surface area contributed by atoms with E-state index >= 15 is 0 Å². The summed E-state index contributed by atoms with van der Waals surface area (Å²) in [5, 5.41) is 2.80. The molecule has 0 aliphatic heterocycles. The standard InChI is InChI=1S/C6H15N3O3/c1-2-6(3-9-10,4-11-7)5-12-8/h2-5,7-8H2,1H3. The molecule has 0 saturated carbocycles. The number of nitrogens with two attached hydrogens (primary N) is 2. The average molecular weight is 177 g/mol. The lowest BCUT2D eigenvalue weighted by atomic mass is 9.87. The lowest BCUT2D eigenvalue weighted by molar-refractivity contribution is -0.0217. The first kappa shape index (κ1) is 11.4. The van der Waals surface area contributed by atoms with Gasteiger partial charge < -0.3 is 9.68 Å². The molecule has 0 rings (SSSR count). The van der Waals surface area contributed by atoms with Crippen molar-refractivity contribution < 1.29 is 9.68 Å². The Hall–Kier alpha value is -0.560. The summed E-state index contributed by atoms with van der Waals surface area (Å²) in [6, 6.07) is 0. The number of rotatable bonds is 7. The van der Waals surface area contributed by atoms with Crippen molar-refractivity contribution in [2.24, 2.45) is 22.4 Å². The predicted octanol–water partition coefficient (Wildman–Crippen LogP) is -0.0702. The first-order valence-electron chi connectivity index (χ1n) is 3.67. The molecule has 0 radical (unpaired) electrons.